The van der Waals surface area contributed by atoms with Crippen LogP contribution in [0.15, 0.2) is 47.6 Å². The fraction of sp³-hybridized carbons (Fsp3) is 0.429. The summed E-state index contributed by atoms with van der Waals surface area (Å²) in [5, 5.41) is 28.6. The second-order valence-corrected chi connectivity index (χ2v) is 7.63. The molecular weight excluding hydrogens is 364 g/mol. The number of ether oxygens (including phenoxy) is 2. The molecule has 0 radical (unpaired) electrons. The van der Waals surface area contributed by atoms with E-state index in [0.29, 0.717) is 23.3 Å². The summed E-state index contributed by atoms with van der Waals surface area (Å²) in [5.74, 6) is -0.296. The van der Waals surface area contributed by atoms with Crippen molar-refractivity contribution >= 4 is 11.9 Å². The molecule has 1 aromatic rings. The number of carbonyl (C=O) groups is 2. The third-order valence-corrected chi connectivity index (χ3v) is 5.85. The van der Waals surface area contributed by atoms with E-state index in [4.69, 9.17) is 9.47 Å². The van der Waals surface area contributed by atoms with Gasteiger partial charge in [0, 0.05) is 17.2 Å². The number of hydrogen-bond donors (Lipinski definition) is 3. The fourth-order valence-corrected chi connectivity index (χ4v) is 4.62. The average Bonchev–Trinajstić information content (AvgIpc) is 3.35. The van der Waals surface area contributed by atoms with Crippen molar-refractivity contribution in [2.45, 2.75) is 18.9 Å². The van der Waals surface area contributed by atoms with Crippen molar-refractivity contribution in [1.29, 1.82) is 0 Å². The number of allylic oxidation sites excluding steroid dienone is 2. The first kappa shape index (κ1) is 18.6. The van der Waals surface area contributed by atoms with Crippen LogP contribution >= 0.6 is 0 Å². The Kier molecular flexibility index (Phi) is 4.85. The number of carbonyl (C=O) groups excluding carboxylic acids is 1. The zero-order chi connectivity index (χ0) is 19.8. The minimum absolute atomic E-state index is 0.0000341. The van der Waals surface area contributed by atoms with Gasteiger partial charge >= 0.3 is 11.9 Å². The lowest BCUT2D eigenvalue weighted by Crippen LogP contribution is -2.28. The van der Waals surface area contributed by atoms with Gasteiger partial charge in [0.05, 0.1) is 0 Å². The van der Waals surface area contributed by atoms with Crippen molar-refractivity contribution in [2.75, 3.05) is 13.2 Å². The molecule has 5 unspecified atom stereocenters. The zero-order valence-corrected chi connectivity index (χ0v) is 15.2. The van der Waals surface area contributed by atoms with Crippen molar-refractivity contribution < 1.29 is 34.4 Å². The fourth-order valence-electron chi connectivity index (χ4n) is 4.62. The van der Waals surface area contributed by atoms with Crippen molar-refractivity contribution in [3.63, 3.8) is 0 Å². The van der Waals surface area contributed by atoms with E-state index in [2.05, 4.69) is 0 Å². The number of hydrogen-bond acceptors (Lipinski definition) is 6. The Morgan fingerprint density at radius 1 is 1.21 bits per heavy atom. The molecule has 1 saturated carbocycles. The average molecular weight is 386 g/mol. The Hall–Kier alpha value is -2.80. The van der Waals surface area contributed by atoms with Crippen LogP contribution in [-0.4, -0.2) is 46.6 Å². The first-order valence-electron chi connectivity index (χ1n) is 9.35. The molecule has 4 rings (SSSR count). The molecule has 2 bridgehead atoms. The number of carboxylic acids is 1. The number of benzene rings is 1. The second-order valence-electron chi connectivity index (χ2n) is 7.63. The van der Waals surface area contributed by atoms with E-state index in [1.165, 1.54) is 12.1 Å². The minimum atomic E-state index is -0.997. The molecule has 0 aliphatic heterocycles. The summed E-state index contributed by atoms with van der Waals surface area (Å²) < 4.78 is 10.6. The summed E-state index contributed by atoms with van der Waals surface area (Å²) in [6, 6.07) is 6.21. The molecule has 28 heavy (non-hydrogen) atoms. The minimum Gasteiger partial charge on any atom is -0.508 e. The first-order chi connectivity index (χ1) is 13.4. The molecule has 0 heterocycles. The van der Waals surface area contributed by atoms with E-state index in [0.717, 1.165) is 6.42 Å². The smallest absolute Gasteiger partial charge is 0.334 e. The molecule has 3 aliphatic carbocycles. The summed E-state index contributed by atoms with van der Waals surface area (Å²) in [7, 11) is 0. The highest BCUT2D eigenvalue weighted by molar-refractivity contribution is 5.91. The van der Waals surface area contributed by atoms with Crippen LogP contribution in [0.1, 0.15) is 12.8 Å². The number of aliphatic carboxylic acids is 1. The number of aromatic hydroxyl groups is 1. The SMILES string of the molecule is O=C(O)C1=CC2C3CC(C=C3C(=O)OCC(O)COc3cccc(O)c3)C2C1. The molecule has 7 heteroatoms. The number of rotatable bonds is 7. The quantitative estimate of drug-likeness (QED) is 0.613. The zero-order valence-electron chi connectivity index (χ0n) is 15.2. The molecule has 3 aliphatic rings. The van der Waals surface area contributed by atoms with Crippen molar-refractivity contribution in [3.8, 4) is 11.5 Å². The van der Waals surface area contributed by atoms with Gasteiger partial charge in [0.25, 0.3) is 0 Å². The van der Waals surface area contributed by atoms with Gasteiger partial charge in [0.15, 0.2) is 0 Å². The van der Waals surface area contributed by atoms with Crippen molar-refractivity contribution in [1.82, 2.24) is 0 Å². The topological polar surface area (TPSA) is 113 Å². The molecule has 0 saturated heterocycles. The maximum absolute atomic E-state index is 12.4. The van der Waals surface area contributed by atoms with Crippen LogP contribution in [0.3, 0.4) is 0 Å². The maximum atomic E-state index is 12.4. The van der Waals surface area contributed by atoms with E-state index in [-0.39, 0.29) is 42.6 Å². The second kappa shape index (κ2) is 7.31. The van der Waals surface area contributed by atoms with Crippen LogP contribution in [-0.2, 0) is 14.3 Å². The van der Waals surface area contributed by atoms with Crippen LogP contribution in [0, 0.1) is 23.7 Å². The van der Waals surface area contributed by atoms with Gasteiger partial charge in [-0.05, 0) is 48.6 Å². The van der Waals surface area contributed by atoms with Crippen molar-refractivity contribution in [2.24, 2.45) is 23.7 Å². The van der Waals surface area contributed by atoms with Gasteiger partial charge in [-0.25, -0.2) is 9.59 Å². The van der Waals surface area contributed by atoms with Crippen LogP contribution in [0.4, 0.5) is 0 Å². The van der Waals surface area contributed by atoms with Crippen LogP contribution in [0.25, 0.3) is 0 Å². The predicted molar refractivity (Wildman–Crippen MR) is 97.6 cm³/mol. The predicted octanol–water partition coefficient (Wildman–Crippen LogP) is 1.90. The maximum Gasteiger partial charge on any atom is 0.334 e. The van der Waals surface area contributed by atoms with Gasteiger partial charge in [0.1, 0.15) is 30.8 Å². The normalized spacial score (nSPS) is 28.3. The Morgan fingerprint density at radius 3 is 2.79 bits per heavy atom. The van der Waals surface area contributed by atoms with Gasteiger partial charge in [0.2, 0.25) is 0 Å². The molecule has 0 aromatic heterocycles. The number of esters is 1. The number of aliphatic hydroxyl groups excluding tert-OH is 1. The molecule has 1 fully saturated rings. The summed E-state index contributed by atoms with van der Waals surface area (Å²) in [5.41, 5.74) is 1.03. The summed E-state index contributed by atoms with van der Waals surface area (Å²) in [4.78, 5) is 23.7. The summed E-state index contributed by atoms with van der Waals surface area (Å²) >= 11 is 0. The van der Waals surface area contributed by atoms with E-state index in [1.807, 2.05) is 6.08 Å². The number of fused-ring (bicyclic) bond motifs is 5. The Morgan fingerprint density at radius 2 is 2.04 bits per heavy atom. The highest BCUT2D eigenvalue weighted by Crippen LogP contribution is 2.57. The largest absolute Gasteiger partial charge is 0.508 e. The molecule has 0 amide bonds. The van der Waals surface area contributed by atoms with Gasteiger partial charge in [-0.3, -0.25) is 0 Å². The molecule has 7 nitrogen and oxygen atoms in total. The highest BCUT2D eigenvalue weighted by Gasteiger charge is 2.52. The number of phenolic OH excluding ortho intramolecular Hbond substituents is 1. The lowest BCUT2D eigenvalue weighted by molar-refractivity contribution is -0.143. The summed E-state index contributed by atoms with van der Waals surface area (Å²) in [6.45, 7) is -0.270. The monoisotopic (exact) mass is 386 g/mol. The lowest BCUT2D eigenvalue weighted by Gasteiger charge is -2.24. The van der Waals surface area contributed by atoms with Gasteiger partial charge < -0.3 is 24.8 Å². The molecule has 1 aromatic carbocycles. The van der Waals surface area contributed by atoms with Gasteiger partial charge in [-0.1, -0.05) is 18.2 Å². The Balaban J connectivity index is 1.28. The molecule has 148 valence electrons. The van der Waals surface area contributed by atoms with Gasteiger partial charge in [-0.15, -0.1) is 0 Å². The number of phenols is 1. The van der Waals surface area contributed by atoms with E-state index >= 15 is 0 Å². The van der Waals surface area contributed by atoms with E-state index < -0.39 is 18.0 Å². The number of aliphatic hydroxyl groups is 1. The molecule has 3 N–H and O–H groups in total. The van der Waals surface area contributed by atoms with Gasteiger partial charge in [-0.2, -0.15) is 0 Å². The number of carboxylic acid groups (broad SMARTS) is 1. The van der Waals surface area contributed by atoms with E-state index in [9.17, 15) is 24.9 Å². The van der Waals surface area contributed by atoms with Crippen LogP contribution < -0.4 is 4.74 Å². The van der Waals surface area contributed by atoms with Crippen molar-refractivity contribution in [3.05, 3.63) is 47.6 Å². The Bertz CT molecular complexity index is 856. The third-order valence-electron chi connectivity index (χ3n) is 5.85. The standard InChI is InChI=1S/C21H22O7/c22-13-2-1-3-15(8-13)27-9-14(23)10-28-21(26)19-5-11-4-18(19)17-7-12(20(24)25)6-16(11)17/h1-3,5,7-8,11,14,16-18,22-23H,4,6,9-10H2,(H,24,25). The summed E-state index contributed by atoms with van der Waals surface area (Å²) in [6.07, 6.45) is 4.14. The highest BCUT2D eigenvalue weighted by atomic mass is 16.5. The van der Waals surface area contributed by atoms with E-state index in [1.54, 1.807) is 18.2 Å². The lowest BCUT2D eigenvalue weighted by atomic mass is 9.81. The third kappa shape index (κ3) is 3.49. The molecule has 5 atom stereocenters. The molecule has 0 spiro atoms. The van der Waals surface area contributed by atoms with Crippen LogP contribution in [0.5, 0.6) is 11.5 Å². The first-order valence-corrected chi connectivity index (χ1v) is 9.35. The van der Waals surface area contributed by atoms with Crippen LogP contribution in [0.2, 0.25) is 0 Å². The Labute approximate surface area is 161 Å². The molecular formula is C21H22O7.